The minimum Gasteiger partial charge on any atom is -0.458 e. The number of fused-ring (bicyclic) bond motifs is 6. The standard InChI is InChI=1S/C67H57BO2/c1-65(2,3)50-36-45(37-51(40-50)66(4,5)6)43-33-44(35-47(34-43)63-54-27-17-15-25-52(54)62(42-21-11-9-12-22-42)53-26-16-18-28-55(53)63)46-38-60-64-61(39-46)70-59-32-31-49(67(7,8)48-23-13-10-14-24-48)41-57(59)68(64)56-29-19-20-30-58(56)69-60/h9-41H,1-8H3. The molecule has 0 unspecified atom stereocenters. The van der Waals surface area contributed by atoms with Crippen molar-refractivity contribution in [2.75, 3.05) is 0 Å². The van der Waals surface area contributed by atoms with E-state index in [-0.39, 0.29) is 23.0 Å². The molecule has 0 bridgehead atoms. The third-order valence-electron chi connectivity index (χ3n) is 15.1. The predicted molar refractivity (Wildman–Crippen MR) is 297 cm³/mol. The molecule has 2 nitrogen and oxygen atoms in total. The van der Waals surface area contributed by atoms with E-state index in [4.69, 9.17) is 9.47 Å². The van der Waals surface area contributed by atoms with Crippen LogP contribution in [0.15, 0.2) is 200 Å². The largest absolute Gasteiger partial charge is 0.458 e. The maximum atomic E-state index is 7.10. The predicted octanol–water partition coefficient (Wildman–Crippen LogP) is 16.3. The normalized spacial score (nSPS) is 13.1. The van der Waals surface area contributed by atoms with Crippen molar-refractivity contribution in [1.29, 1.82) is 0 Å². The molecule has 0 N–H and O–H groups in total. The minimum absolute atomic E-state index is 0.0485. The van der Waals surface area contributed by atoms with Gasteiger partial charge in [0.2, 0.25) is 0 Å². The van der Waals surface area contributed by atoms with E-state index < -0.39 is 0 Å². The van der Waals surface area contributed by atoms with Crippen molar-refractivity contribution in [3.05, 3.63) is 222 Å². The van der Waals surface area contributed by atoms with Crippen LogP contribution >= 0.6 is 0 Å². The molecule has 0 radical (unpaired) electrons. The molecule has 2 heterocycles. The van der Waals surface area contributed by atoms with Gasteiger partial charge in [0.05, 0.1) is 0 Å². The van der Waals surface area contributed by atoms with Gasteiger partial charge in [-0.25, -0.2) is 0 Å². The van der Waals surface area contributed by atoms with E-state index in [1.54, 1.807) is 0 Å². The highest BCUT2D eigenvalue weighted by atomic mass is 16.5. The molecule has 10 aromatic rings. The highest BCUT2D eigenvalue weighted by molar-refractivity contribution is 6.98. The second-order valence-corrected chi connectivity index (χ2v) is 22.1. The average molecular weight is 905 g/mol. The van der Waals surface area contributed by atoms with Crippen LogP contribution in [-0.4, -0.2) is 6.71 Å². The molecule has 340 valence electrons. The maximum Gasteiger partial charge on any atom is 0.260 e. The zero-order valence-corrected chi connectivity index (χ0v) is 41.4. The molecule has 0 saturated carbocycles. The van der Waals surface area contributed by atoms with E-state index in [0.717, 1.165) is 56.1 Å². The van der Waals surface area contributed by atoms with Crippen LogP contribution in [0.3, 0.4) is 0 Å². The topological polar surface area (TPSA) is 18.5 Å². The van der Waals surface area contributed by atoms with Gasteiger partial charge in [0.1, 0.15) is 23.0 Å². The van der Waals surface area contributed by atoms with E-state index in [2.05, 4.69) is 256 Å². The van der Waals surface area contributed by atoms with E-state index in [0.29, 0.717) is 0 Å². The van der Waals surface area contributed by atoms with Gasteiger partial charge in [-0.05, 0) is 153 Å². The third-order valence-corrected chi connectivity index (χ3v) is 15.1. The van der Waals surface area contributed by atoms with E-state index >= 15 is 0 Å². The quantitative estimate of drug-likeness (QED) is 0.122. The van der Waals surface area contributed by atoms with Crippen molar-refractivity contribution < 1.29 is 9.47 Å². The van der Waals surface area contributed by atoms with E-state index in [9.17, 15) is 0 Å². The third kappa shape index (κ3) is 7.34. The number of rotatable bonds is 6. The van der Waals surface area contributed by atoms with E-state index in [1.807, 2.05) is 0 Å². The molecule has 70 heavy (non-hydrogen) atoms. The average Bonchev–Trinajstić information content (AvgIpc) is 3.37. The van der Waals surface area contributed by atoms with Crippen LogP contribution < -0.4 is 25.9 Å². The Kier molecular flexibility index (Phi) is 10.1. The number of hydrogen-bond acceptors (Lipinski definition) is 2. The molecule has 0 aliphatic carbocycles. The lowest BCUT2D eigenvalue weighted by molar-refractivity contribution is 0.464. The van der Waals surface area contributed by atoms with Gasteiger partial charge < -0.3 is 9.47 Å². The molecule has 3 heteroatoms. The van der Waals surface area contributed by atoms with Crippen LogP contribution in [0.1, 0.15) is 77.6 Å². The molecular formula is C67H57BO2. The van der Waals surface area contributed by atoms with Crippen LogP contribution in [0.4, 0.5) is 0 Å². The van der Waals surface area contributed by atoms with Crippen molar-refractivity contribution in [2.45, 2.75) is 71.6 Å². The molecule has 0 aromatic heterocycles. The molecule has 0 atom stereocenters. The minimum atomic E-state index is -0.213. The fourth-order valence-corrected chi connectivity index (χ4v) is 11.1. The van der Waals surface area contributed by atoms with Gasteiger partial charge in [0, 0.05) is 10.9 Å². The summed E-state index contributed by atoms with van der Waals surface area (Å²) in [5.74, 6) is 3.41. The lowest BCUT2D eigenvalue weighted by Gasteiger charge is -2.35. The maximum absolute atomic E-state index is 7.10. The summed E-state index contributed by atoms with van der Waals surface area (Å²) in [5, 5.41) is 4.91. The Morgan fingerprint density at radius 2 is 0.743 bits per heavy atom. The van der Waals surface area contributed by atoms with Crippen molar-refractivity contribution in [3.63, 3.8) is 0 Å². The molecule has 0 saturated heterocycles. The summed E-state index contributed by atoms with van der Waals surface area (Å²) in [6.45, 7) is 18.5. The second-order valence-electron chi connectivity index (χ2n) is 22.1. The first-order valence-corrected chi connectivity index (χ1v) is 24.8. The van der Waals surface area contributed by atoms with Gasteiger partial charge in [0.25, 0.3) is 6.71 Å². The molecule has 2 aliphatic heterocycles. The highest BCUT2D eigenvalue weighted by Gasteiger charge is 2.41. The molecular weight excluding hydrogens is 848 g/mol. The summed E-state index contributed by atoms with van der Waals surface area (Å²) in [7, 11) is 0. The lowest BCUT2D eigenvalue weighted by atomic mass is 9.34. The first kappa shape index (κ1) is 43.7. The highest BCUT2D eigenvalue weighted by Crippen LogP contribution is 2.47. The molecule has 10 aromatic carbocycles. The first-order chi connectivity index (χ1) is 33.7. The Morgan fingerprint density at radius 1 is 0.300 bits per heavy atom. The molecule has 0 fully saturated rings. The second kappa shape index (κ2) is 16.2. The van der Waals surface area contributed by atoms with Crippen LogP contribution in [0, 0.1) is 0 Å². The van der Waals surface area contributed by atoms with Crippen molar-refractivity contribution in [3.8, 4) is 67.5 Å². The number of para-hydroxylation sites is 1. The fraction of sp³-hybridized carbons (Fsp3) is 0.164. The summed E-state index contributed by atoms with van der Waals surface area (Å²) >= 11 is 0. The van der Waals surface area contributed by atoms with Gasteiger partial charge in [-0.15, -0.1) is 0 Å². The van der Waals surface area contributed by atoms with Gasteiger partial charge in [0.15, 0.2) is 0 Å². The molecule has 0 spiro atoms. The van der Waals surface area contributed by atoms with Crippen molar-refractivity contribution in [1.82, 2.24) is 0 Å². The van der Waals surface area contributed by atoms with Crippen LogP contribution in [0.5, 0.6) is 23.0 Å². The monoisotopic (exact) mass is 904 g/mol. The number of ether oxygens (including phenoxy) is 2. The lowest BCUT2D eigenvalue weighted by Crippen LogP contribution is -2.57. The Bertz CT molecular complexity index is 3590. The van der Waals surface area contributed by atoms with Crippen LogP contribution in [-0.2, 0) is 16.2 Å². The summed E-state index contributed by atoms with van der Waals surface area (Å²) in [5.41, 5.74) is 17.6. The van der Waals surface area contributed by atoms with E-state index in [1.165, 1.54) is 71.6 Å². The zero-order chi connectivity index (χ0) is 48.1. The Morgan fingerprint density at radius 3 is 1.30 bits per heavy atom. The molecule has 12 rings (SSSR count). The van der Waals surface area contributed by atoms with Gasteiger partial charge >= 0.3 is 0 Å². The van der Waals surface area contributed by atoms with Gasteiger partial charge in [-0.2, -0.15) is 0 Å². The van der Waals surface area contributed by atoms with Crippen LogP contribution in [0.25, 0.3) is 66.1 Å². The van der Waals surface area contributed by atoms with Gasteiger partial charge in [-0.1, -0.05) is 213 Å². The molecule has 0 amide bonds. The summed E-state index contributed by atoms with van der Waals surface area (Å²) in [6.07, 6.45) is 0. The number of benzene rings is 10. The summed E-state index contributed by atoms with van der Waals surface area (Å²) in [4.78, 5) is 0. The first-order valence-electron chi connectivity index (χ1n) is 24.8. The Balaban J connectivity index is 1.10. The van der Waals surface area contributed by atoms with Crippen molar-refractivity contribution in [2.24, 2.45) is 0 Å². The van der Waals surface area contributed by atoms with Gasteiger partial charge in [-0.3, -0.25) is 0 Å². The summed E-state index contributed by atoms with van der Waals surface area (Å²) in [6, 6.07) is 73.9. The molecule has 2 aliphatic rings. The fourth-order valence-electron chi connectivity index (χ4n) is 11.1. The SMILES string of the molecule is CC(C)(C)c1cc(-c2cc(-c3cc4c5c(c3)Oc3ccc(C(C)(C)c6ccccc6)cc3B5c3ccccc3O4)cc(-c3c4ccccc4c(-c4ccccc4)c4ccccc34)c2)cc(C(C)(C)C)c1. The smallest absolute Gasteiger partial charge is 0.260 e. The van der Waals surface area contributed by atoms with Crippen molar-refractivity contribution >= 4 is 44.6 Å². The Hall–Kier alpha value is -7.62. The zero-order valence-electron chi connectivity index (χ0n) is 41.4. The van der Waals surface area contributed by atoms with Crippen LogP contribution in [0.2, 0.25) is 0 Å². The number of hydrogen-bond donors (Lipinski definition) is 0. The summed E-state index contributed by atoms with van der Waals surface area (Å²) < 4.78 is 14.1. The Labute approximate surface area is 413 Å².